The number of H-pyrrole nitrogens is 1. The van der Waals surface area contributed by atoms with Crippen molar-refractivity contribution in [3.05, 3.63) is 77.1 Å². The Labute approximate surface area is 151 Å². The average molecular weight is 345 g/mol. The lowest BCUT2D eigenvalue weighted by molar-refractivity contribution is 0.103. The first-order valence-corrected chi connectivity index (χ1v) is 8.41. The first kappa shape index (κ1) is 16.1. The van der Waals surface area contributed by atoms with Gasteiger partial charge in [-0.1, -0.05) is 30.3 Å². The molecule has 2 aromatic carbocycles. The van der Waals surface area contributed by atoms with Crippen molar-refractivity contribution in [3.63, 3.8) is 0 Å². The van der Waals surface area contributed by atoms with Crippen LogP contribution >= 0.6 is 0 Å². The third-order valence-electron chi connectivity index (χ3n) is 4.61. The molecule has 0 saturated heterocycles. The van der Waals surface area contributed by atoms with Crippen LogP contribution in [0.2, 0.25) is 0 Å². The van der Waals surface area contributed by atoms with Crippen molar-refractivity contribution in [2.75, 3.05) is 7.11 Å². The largest absolute Gasteiger partial charge is 0.417 e. The van der Waals surface area contributed by atoms with E-state index in [1.807, 2.05) is 68.6 Å². The van der Waals surface area contributed by atoms with Gasteiger partial charge in [0.2, 0.25) is 0 Å². The molecule has 0 radical (unpaired) electrons. The Kier molecular flexibility index (Phi) is 3.84. The van der Waals surface area contributed by atoms with Gasteiger partial charge in [-0.15, -0.1) is 0 Å². The van der Waals surface area contributed by atoms with Crippen molar-refractivity contribution in [2.45, 2.75) is 13.8 Å². The Morgan fingerprint density at radius 1 is 1.08 bits per heavy atom. The summed E-state index contributed by atoms with van der Waals surface area (Å²) in [4.78, 5) is 26.0. The van der Waals surface area contributed by atoms with Gasteiger partial charge in [-0.25, -0.2) is 4.98 Å². The molecule has 1 N–H and O–H groups in total. The van der Waals surface area contributed by atoms with E-state index in [2.05, 4.69) is 9.97 Å². The van der Waals surface area contributed by atoms with Crippen LogP contribution in [0.15, 0.2) is 54.7 Å². The number of fused-ring (bicyclic) bond motifs is 1. The normalized spacial score (nSPS) is 11.0. The highest BCUT2D eigenvalue weighted by atomic mass is 16.6. The summed E-state index contributed by atoms with van der Waals surface area (Å²) in [6, 6.07) is 14.8. The summed E-state index contributed by atoms with van der Waals surface area (Å²) in [6.07, 6.45) is 1.93. The van der Waals surface area contributed by atoms with E-state index in [0.717, 1.165) is 33.7 Å². The highest BCUT2D eigenvalue weighted by Crippen LogP contribution is 2.28. The summed E-state index contributed by atoms with van der Waals surface area (Å²) in [5.41, 5.74) is 6.05. The summed E-state index contributed by atoms with van der Waals surface area (Å²) < 4.78 is 1.72. The number of ketones is 1. The summed E-state index contributed by atoms with van der Waals surface area (Å²) in [6.45, 7) is 4.01. The van der Waals surface area contributed by atoms with Crippen LogP contribution in [-0.2, 0) is 0 Å². The predicted octanol–water partition coefficient (Wildman–Crippen LogP) is 3.94. The molecule has 0 aliphatic heterocycles. The van der Waals surface area contributed by atoms with Crippen LogP contribution in [0.25, 0.3) is 22.4 Å². The van der Waals surface area contributed by atoms with Crippen molar-refractivity contribution in [3.8, 4) is 11.4 Å². The smallest absolute Gasteiger partial charge is 0.193 e. The molecule has 130 valence electrons. The summed E-state index contributed by atoms with van der Waals surface area (Å²) >= 11 is 0. The maximum Gasteiger partial charge on any atom is 0.193 e. The molecule has 0 bridgehead atoms. The fraction of sp³-hybridized carbons (Fsp3) is 0.143. The third-order valence-corrected chi connectivity index (χ3v) is 4.61. The molecule has 0 saturated carbocycles. The van der Waals surface area contributed by atoms with Gasteiger partial charge in [-0.05, 0) is 37.6 Å². The number of rotatable bonds is 4. The van der Waals surface area contributed by atoms with E-state index in [9.17, 15) is 4.79 Å². The first-order valence-electron chi connectivity index (χ1n) is 8.41. The van der Waals surface area contributed by atoms with Crippen LogP contribution < -0.4 is 4.84 Å². The number of aromatic nitrogens is 3. The van der Waals surface area contributed by atoms with Crippen LogP contribution in [0.3, 0.4) is 0 Å². The van der Waals surface area contributed by atoms with Gasteiger partial charge in [0.1, 0.15) is 12.9 Å². The van der Waals surface area contributed by atoms with Gasteiger partial charge < -0.3 is 9.82 Å². The van der Waals surface area contributed by atoms with Gasteiger partial charge in [0.25, 0.3) is 0 Å². The fourth-order valence-electron chi connectivity index (χ4n) is 3.31. The summed E-state index contributed by atoms with van der Waals surface area (Å²) in [5, 5.41) is 0. The highest BCUT2D eigenvalue weighted by molar-refractivity contribution is 6.10. The molecular weight excluding hydrogens is 326 g/mol. The van der Waals surface area contributed by atoms with Gasteiger partial charge in [0, 0.05) is 22.9 Å². The van der Waals surface area contributed by atoms with Crippen LogP contribution in [0.4, 0.5) is 0 Å². The lowest BCUT2D eigenvalue weighted by atomic mass is 10.0. The first-order chi connectivity index (χ1) is 12.6. The quantitative estimate of drug-likeness (QED) is 0.570. The van der Waals surface area contributed by atoms with Crippen molar-refractivity contribution in [1.29, 1.82) is 0 Å². The molecule has 0 spiro atoms. The Morgan fingerprint density at radius 2 is 1.85 bits per heavy atom. The molecule has 26 heavy (non-hydrogen) atoms. The third kappa shape index (κ3) is 2.58. The monoisotopic (exact) mass is 345 g/mol. The van der Waals surface area contributed by atoms with E-state index < -0.39 is 0 Å². The van der Waals surface area contributed by atoms with E-state index in [-0.39, 0.29) is 5.78 Å². The SMILES string of the molecule is COn1cc(C)c(-c2nc3ccc(C(=O)c4ccccc4)cc3[nH]2)c1C. The number of nitrogens with zero attached hydrogens (tertiary/aromatic N) is 2. The van der Waals surface area contributed by atoms with Gasteiger partial charge in [0.15, 0.2) is 5.78 Å². The zero-order chi connectivity index (χ0) is 18.3. The summed E-state index contributed by atoms with van der Waals surface area (Å²) in [7, 11) is 1.64. The second-order valence-corrected chi connectivity index (χ2v) is 6.29. The molecule has 5 nitrogen and oxygen atoms in total. The zero-order valence-electron chi connectivity index (χ0n) is 14.9. The number of nitrogens with one attached hydrogen (secondary N) is 1. The molecule has 0 amide bonds. The fourth-order valence-corrected chi connectivity index (χ4v) is 3.31. The number of hydrogen-bond donors (Lipinski definition) is 1. The lowest BCUT2D eigenvalue weighted by Gasteiger charge is -2.03. The molecule has 0 aliphatic carbocycles. The van der Waals surface area contributed by atoms with Crippen LogP contribution in [0.1, 0.15) is 27.2 Å². The van der Waals surface area contributed by atoms with Crippen LogP contribution in [0.5, 0.6) is 0 Å². The second kappa shape index (κ2) is 6.19. The lowest BCUT2D eigenvalue weighted by Crippen LogP contribution is -2.05. The number of aromatic amines is 1. The molecular formula is C21H19N3O2. The predicted molar refractivity (Wildman–Crippen MR) is 101 cm³/mol. The van der Waals surface area contributed by atoms with Crippen molar-refractivity contribution < 1.29 is 9.63 Å². The van der Waals surface area contributed by atoms with Crippen molar-refractivity contribution >= 4 is 16.8 Å². The van der Waals surface area contributed by atoms with E-state index in [1.165, 1.54) is 0 Å². The maximum absolute atomic E-state index is 12.7. The van der Waals surface area contributed by atoms with E-state index in [1.54, 1.807) is 11.8 Å². The van der Waals surface area contributed by atoms with Crippen LogP contribution in [0, 0.1) is 13.8 Å². The van der Waals surface area contributed by atoms with Crippen molar-refractivity contribution in [1.82, 2.24) is 14.7 Å². The minimum atomic E-state index is 0.00143. The summed E-state index contributed by atoms with van der Waals surface area (Å²) in [5.74, 6) is 0.775. The Bertz CT molecular complexity index is 1110. The Hall–Kier alpha value is -3.34. The number of imidazole rings is 1. The van der Waals surface area contributed by atoms with E-state index in [0.29, 0.717) is 11.1 Å². The highest BCUT2D eigenvalue weighted by Gasteiger charge is 2.17. The molecule has 4 rings (SSSR count). The van der Waals surface area contributed by atoms with Gasteiger partial charge in [-0.3, -0.25) is 4.79 Å². The topological polar surface area (TPSA) is 59.9 Å². The molecule has 0 atom stereocenters. The zero-order valence-corrected chi connectivity index (χ0v) is 14.9. The molecule has 0 unspecified atom stereocenters. The van der Waals surface area contributed by atoms with Crippen LogP contribution in [-0.4, -0.2) is 27.6 Å². The van der Waals surface area contributed by atoms with Gasteiger partial charge in [0.05, 0.1) is 16.7 Å². The number of benzene rings is 2. The molecule has 4 aromatic rings. The van der Waals surface area contributed by atoms with Gasteiger partial charge in [-0.2, -0.15) is 4.73 Å². The Balaban J connectivity index is 1.78. The minimum Gasteiger partial charge on any atom is -0.417 e. The van der Waals surface area contributed by atoms with E-state index in [4.69, 9.17) is 4.84 Å². The Morgan fingerprint density at radius 3 is 2.54 bits per heavy atom. The van der Waals surface area contributed by atoms with Crippen molar-refractivity contribution in [2.24, 2.45) is 0 Å². The number of carbonyl (C=O) groups is 1. The molecule has 2 aromatic heterocycles. The number of carbonyl (C=O) groups excluding carboxylic acids is 1. The maximum atomic E-state index is 12.7. The molecule has 0 aliphatic rings. The molecule has 2 heterocycles. The molecule has 5 heteroatoms. The number of hydrogen-bond acceptors (Lipinski definition) is 3. The minimum absolute atomic E-state index is 0.00143. The second-order valence-electron chi connectivity index (χ2n) is 6.29. The number of aryl methyl sites for hydroxylation is 1. The average Bonchev–Trinajstić information content (AvgIpc) is 3.20. The van der Waals surface area contributed by atoms with Gasteiger partial charge >= 0.3 is 0 Å². The standard InChI is InChI=1S/C21H19N3O2/c1-13-12-24(26-3)14(2)19(13)21-22-17-10-9-16(11-18(17)23-21)20(25)15-7-5-4-6-8-15/h4-12H,1-3H3,(H,22,23). The molecule has 0 fully saturated rings. The van der Waals surface area contributed by atoms with E-state index >= 15 is 0 Å².